The molecule has 146 valence electrons. The number of hydrazone groups is 1. The lowest BCUT2D eigenvalue weighted by Crippen LogP contribution is -2.19. The number of rotatable bonds is 10. The molecule has 3 rings (SSSR count). The first kappa shape index (κ1) is 19.9. The van der Waals surface area contributed by atoms with Crippen LogP contribution in [-0.4, -0.2) is 34.4 Å². The lowest BCUT2D eigenvalue weighted by atomic mass is 10.2. The highest BCUT2D eigenvalue weighted by molar-refractivity contribution is 7.99. The van der Waals surface area contributed by atoms with Crippen LogP contribution in [0.25, 0.3) is 11.0 Å². The monoisotopic (exact) mass is 396 g/mol. The number of aromatic nitrogens is 2. The van der Waals surface area contributed by atoms with Crippen molar-refractivity contribution >= 4 is 34.9 Å². The van der Waals surface area contributed by atoms with Crippen LogP contribution in [0.15, 0.2) is 58.8 Å². The van der Waals surface area contributed by atoms with Crippen molar-refractivity contribution < 1.29 is 9.53 Å². The van der Waals surface area contributed by atoms with Gasteiger partial charge in [-0.3, -0.25) is 4.79 Å². The predicted octanol–water partition coefficient (Wildman–Crippen LogP) is 4.37. The Hall–Kier alpha value is -2.80. The van der Waals surface area contributed by atoms with E-state index in [1.165, 1.54) is 11.8 Å². The van der Waals surface area contributed by atoms with Gasteiger partial charge in [0.15, 0.2) is 5.16 Å². The van der Waals surface area contributed by atoms with E-state index in [0.717, 1.165) is 41.6 Å². The number of carbonyl (C=O) groups is 1. The van der Waals surface area contributed by atoms with Gasteiger partial charge >= 0.3 is 0 Å². The summed E-state index contributed by atoms with van der Waals surface area (Å²) in [6.07, 6.45) is 4.94. The molecule has 0 spiro atoms. The molecule has 1 amide bonds. The summed E-state index contributed by atoms with van der Waals surface area (Å²) in [5.41, 5.74) is 5.23. The number of hydrogen-bond acceptors (Lipinski definition) is 5. The second kappa shape index (κ2) is 10.5. The van der Waals surface area contributed by atoms with Crippen LogP contribution in [0.4, 0.5) is 0 Å². The van der Waals surface area contributed by atoms with Crippen LogP contribution in [0.3, 0.4) is 0 Å². The summed E-state index contributed by atoms with van der Waals surface area (Å²) in [5, 5.41) is 4.77. The molecular weight excluding hydrogens is 372 g/mol. The van der Waals surface area contributed by atoms with Crippen molar-refractivity contribution in [2.75, 3.05) is 12.4 Å². The number of aromatic amines is 1. The average Bonchev–Trinajstić information content (AvgIpc) is 3.14. The third kappa shape index (κ3) is 5.85. The summed E-state index contributed by atoms with van der Waals surface area (Å²) >= 11 is 1.34. The Balaban J connectivity index is 1.48. The molecule has 0 aliphatic carbocycles. The normalized spacial score (nSPS) is 11.2. The standard InChI is InChI=1S/C21H24N4O2S/c1-2-3-8-13-27-19-12-7-4-9-16(19)14-22-25-20(26)15-28-21-23-17-10-5-6-11-18(17)24-21/h4-7,9-12,14H,2-3,8,13,15H2,1H3,(H,23,24)(H,25,26)/b22-14-. The van der Waals surface area contributed by atoms with Crippen molar-refractivity contribution in [3.63, 3.8) is 0 Å². The van der Waals surface area contributed by atoms with Gasteiger partial charge in [-0.2, -0.15) is 5.10 Å². The highest BCUT2D eigenvalue weighted by Crippen LogP contribution is 2.19. The Morgan fingerprint density at radius 2 is 2.04 bits per heavy atom. The number of imidazole rings is 1. The zero-order valence-electron chi connectivity index (χ0n) is 15.9. The van der Waals surface area contributed by atoms with Crippen molar-refractivity contribution in [2.24, 2.45) is 5.10 Å². The molecule has 0 atom stereocenters. The zero-order valence-corrected chi connectivity index (χ0v) is 16.7. The number of amides is 1. The molecule has 1 aromatic heterocycles. The number of nitrogens with one attached hydrogen (secondary N) is 2. The smallest absolute Gasteiger partial charge is 0.250 e. The summed E-state index contributed by atoms with van der Waals surface area (Å²) in [6.45, 7) is 2.84. The van der Waals surface area contributed by atoms with Gasteiger partial charge < -0.3 is 9.72 Å². The molecule has 7 heteroatoms. The molecule has 28 heavy (non-hydrogen) atoms. The maximum absolute atomic E-state index is 12.0. The van der Waals surface area contributed by atoms with Crippen LogP contribution >= 0.6 is 11.8 Å². The van der Waals surface area contributed by atoms with Crippen LogP contribution in [-0.2, 0) is 4.79 Å². The summed E-state index contributed by atoms with van der Waals surface area (Å²) in [6, 6.07) is 15.4. The van der Waals surface area contributed by atoms with Gasteiger partial charge in [-0.15, -0.1) is 0 Å². The number of thioether (sulfide) groups is 1. The first-order valence-corrected chi connectivity index (χ1v) is 10.4. The van der Waals surface area contributed by atoms with Crippen LogP contribution in [0.1, 0.15) is 31.7 Å². The number of ether oxygens (including phenoxy) is 1. The Morgan fingerprint density at radius 1 is 1.21 bits per heavy atom. The van der Waals surface area contributed by atoms with Crippen LogP contribution in [0, 0.1) is 0 Å². The Kier molecular flexibility index (Phi) is 7.49. The van der Waals surface area contributed by atoms with Gasteiger partial charge in [-0.25, -0.2) is 10.4 Å². The molecule has 0 radical (unpaired) electrons. The summed E-state index contributed by atoms with van der Waals surface area (Å²) in [7, 11) is 0. The minimum absolute atomic E-state index is 0.192. The number of H-pyrrole nitrogens is 1. The second-order valence-corrected chi connectivity index (χ2v) is 7.20. The van der Waals surface area contributed by atoms with E-state index in [1.807, 2.05) is 48.5 Å². The third-order valence-electron chi connectivity index (χ3n) is 4.02. The molecule has 6 nitrogen and oxygen atoms in total. The number of hydrogen-bond donors (Lipinski definition) is 2. The fraction of sp³-hybridized carbons (Fsp3) is 0.286. The summed E-state index contributed by atoms with van der Waals surface area (Å²) < 4.78 is 5.81. The van der Waals surface area contributed by atoms with Crippen molar-refractivity contribution in [3.8, 4) is 5.75 Å². The van der Waals surface area contributed by atoms with Gasteiger partial charge in [0, 0.05) is 5.56 Å². The van der Waals surface area contributed by atoms with Crippen molar-refractivity contribution in [2.45, 2.75) is 31.3 Å². The van der Waals surface area contributed by atoms with E-state index < -0.39 is 0 Å². The Morgan fingerprint density at radius 3 is 2.89 bits per heavy atom. The Bertz CT molecular complexity index is 906. The zero-order chi connectivity index (χ0) is 19.6. The lowest BCUT2D eigenvalue weighted by molar-refractivity contribution is -0.118. The van der Waals surface area contributed by atoms with E-state index in [4.69, 9.17) is 4.74 Å². The van der Waals surface area contributed by atoms with Gasteiger partial charge in [0.1, 0.15) is 5.75 Å². The van der Waals surface area contributed by atoms with Gasteiger partial charge in [0.25, 0.3) is 5.91 Å². The maximum Gasteiger partial charge on any atom is 0.250 e. The molecule has 1 heterocycles. The van der Waals surface area contributed by atoms with Crippen molar-refractivity contribution in [1.82, 2.24) is 15.4 Å². The van der Waals surface area contributed by atoms with Gasteiger partial charge in [0.2, 0.25) is 0 Å². The average molecular weight is 397 g/mol. The molecule has 0 unspecified atom stereocenters. The van der Waals surface area contributed by atoms with Gasteiger partial charge in [-0.1, -0.05) is 55.8 Å². The SMILES string of the molecule is CCCCCOc1ccccc1/C=N\NC(=O)CSc1nc2ccccc2[nH]1. The summed E-state index contributed by atoms with van der Waals surface area (Å²) in [5.74, 6) is 0.808. The topological polar surface area (TPSA) is 79.4 Å². The molecular formula is C21H24N4O2S. The van der Waals surface area contributed by atoms with E-state index in [2.05, 4.69) is 27.4 Å². The third-order valence-corrected chi connectivity index (χ3v) is 4.90. The predicted molar refractivity (Wildman–Crippen MR) is 114 cm³/mol. The second-order valence-electron chi connectivity index (χ2n) is 6.23. The molecule has 0 saturated carbocycles. The molecule has 0 bridgehead atoms. The van der Waals surface area contributed by atoms with Crippen LogP contribution in [0.5, 0.6) is 5.75 Å². The lowest BCUT2D eigenvalue weighted by Gasteiger charge is -2.08. The molecule has 0 saturated heterocycles. The van der Waals surface area contributed by atoms with Crippen LogP contribution < -0.4 is 10.2 Å². The number of unbranched alkanes of at least 4 members (excludes halogenated alkanes) is 2. The van der Waals surface area contributed by atoms with Gasteiger partial charge in [0.05, 0.1) is 29.6 Å². The summed E-state index contributed by atoms with van der Waals surface area (Å²) in [4.78, 5) is 19.7. The number of fused-ring (bicyclic) bond motifs is 1. The van der Waals surface area contributed by atoms with Crippen molar-refractivity contribution in [1.29, 1.82) is 0 Å². The molecule has 0 aliphatic rings. The van der Waals surface area contributed by atoms with E-state index in [9.17, 15) is 4.79 Å². The Labute approximate surface area is 168 Å². The number of para-hydroxylation sites is 3. The largest absolute Gasteiger partial charge is 0.493 e. The minimum Gasteiger partial charge on any atom is -0.493 e. The maximum atomic E-state index is 12.0. The van der Waals surface area contributed by atoms with E-state index in [0.29, 0.717) is 11.8 Å². The molecule has 2 N–H and O–H groups in total. The number of nitrogens with zero attached hydrogens (tertiary/aromatic N) is 2. The first-order valence-electron chi connectivity index (χ1n) is 9.37. The first-order chi connectivity index (χ1) is 13.8. The fourth-order valence-electron chi connectivity index (χ4n) is 2.59. The fourth-order valence-corrected chi connectivity index (χ4v) is 3.27. The van der Waals surface area contributed by atoms with E-state index >= 15 is 0 Å². The molecule has 0 aliphatic heterocycles. The minimum atomic E-state index is -0.192. The van der Waals surface area contributed by atoms with Gasteiger partial charge in [-0.05, 0) is 30.7 Å². The van der Waals surface area contributed by atoms with Crippen LogP contribution in [0.2, 0.25) is 0 Å². The quantitative estimate of drug-likeness (QED) is 0.231. The highest BCUT2D eigenvalue weighted by Gasteiger charge is 2.06. The number of benzene rings is 2. The highest BCUT2D eigenvalue weighted by atomic mass is 32.2. The van der Waals surface area contributed by atoms with Crippen molar-refractivity contribution in [3.05, 3.63) is 54.1 Å². The van der Waals surface area contributed by atoms with E-state index in [-0.39, 0.29) is 11.7 Å². The molecule has 0 fully saturated rings. The molecule has 2 aromatic carbocycles. The van der Waals surface area contributed by atoms with E-state index in [1.54, 1.807) is 6.21 Å². The number of carbonyl (C=O) groups excluding carboxylic acids is 1. The molecule has 3 aromatic rings.